The standard InChI is InChI=1S/C17H21NO6S2/c1-12(2)24-15-8-6-5-7-14(15)18-26(21,22)17-11-13(25(4,19)20)9-10-16(17)23-3/h5-12,18H,1-4H3. The number of hydrogen-bond donors (Lipinski definition) is 1. The van der Waals surface area contributed by atoms with Crippen LogP contribution in [0.2, 0.25) is 0 Å². The van der Waals surface area contributed by atoms with Gasteiger partial charge in [0, 0.05) is 6.26 Å². The summed E-state index contributed by atoms with van der Waals surface area (Å²) in [5, 5.41) is 0. The SMILES string of the molecule is COc1ccc(S(C)(=O)=O)cc1S(=O)(=O)Nc1ccccc1OC(C)C. The second-order valence-electron chi connectivity index (χ2n) is 5.85. The van der Waals surface area contributed by atoms with Gasteiger partial charge in [0.05, 0.1) is 23.8 Å². The first-order valence-corrected chi connectivity index (χ1v) is 11.1. The van der Waals surface area contributed by atoms with Gasteiger partial charge in [0.2, 0.25) is 0 Å². The van der Waals surface area contributed by atoms with Crippen molar-refractivity contribution in [2.24, 2.45) is 0 Å². The predicted molar refractivity (Wildman–Crippen MR) is 99.1 cm³/mol. The fourth-order valence-corrected chi connectivity index (χ4v) is 4.19. The summed E-state index contributed by atoms with van der Waals surface area (Å²) in [6, 6.07) is 10.3. The Bertz CT molecular complexity index is 998. The van der Waals surface area contributed by atoms with E-state index in [0.717, 1.165) is 12.3 Å². The van der Waals surface area contributed by atoms with E-state index < -0.39 is 19.9 Å². The number of rotatable bonds is 7. The maximum atomic E-state index is 12.9. The molecule has 2 aromatic rings. The molecule has 2 aromatic carbocycles. The van der Waals surface area contributed by atoms with Crippen LogP contribution in [0.25, 0.3) is 0 Å². The summed E-state index contributed by atoms with van der Waals surface area (Å²) in [4.78, 5) is -0.396. The lowest BCUT2D eigenvalue weighted by Crippen LogP contribution is -2.16. The molecule has 0 aromatic heterocycles. The molecule has 0 unspecified atom stereocenters. The second kappa shape index (κ2) is 7.55. The minimum absolute atomic E-state index is 0.0344. The molecule has 0 amide bonds. The lowest BCUT2D eigenvalue weighted by Gasteiger charge is -2.17. The van der Waals surface area contributed by atoms with Crippen LogP contribution in [-0.4, -0.2) is 36.3 Å². The molecule has 26 heavy (non-hydrogen) atoms. The van der Waals surface area contributed by atoms with E-state index in [1.807, 2.05) is 13.8 Å². The molecule has 0 aliphatic heterocycles. The van der Waals surface area contributed by atoms with Gasteiger partial charge in [0.1, 0.15) is 16.4 Å². The Morgan fingerprint density at radius 3 is 2.19 bits per heavy atom. The summed E-state index contributed by atoms with van der Waals surface area (Å²) < 4.78 is 62.4. The van der Waals surface area contributed by atoms with Crippen LogP contribution in [-0.2, 0) is 19.9 Å². The third-order valence-corrected chi connectivity index (χ3v) is 5.84. The lowest BCUT2D eigenvalue weighted by molar-refractivity contribution is 0.244. The van der Waals surface area contributed by atoms with Crippen molar-refractivity contribution in [1.29, 1.82) is 0 Å². The molecule has 0 aliphatic carbocycles. The minimum atomic E-state index is -4.12. The molecule has 142 valence electrons. The molecule has 0 bridgehead atoms. The lowest BCUT2D eigenvalue weighted by atomic mass is 10.3. The third-order valence-electron chi connectivity index (χ3n) is 3.35. The van der Waals surface area contributed by atoms with Gasteiger partial charge in [-0.3, -0.25) is 4.72 Å². The number of methoxy groups -OCH3 is 1. The van der Waals surface area contributed by atoms with Crippen molar-refractivity contribution in [1.82, 2.24) is 0 Å². The molecular weight excluding hydrogens is 378 g/mol. The largest absolute Gasteiger partial charge is 0.495 e. The summed E-state index contributed by atoms with van der Waals surface area (Å²) in [5.41, 5.74) is 0.244. The van der Waals surface area contributed by atoms with Crippen LogP contribution in [0.5, 0.6) is 11.5 Å². The van der Waals surface area contributed by atoms with E-state index in [1.54, 1.807) is 24.3 Å². The van der Waals surface area contributed by atoms with Crippen molar-refractivity contribution in [2.45, 2.75) is 29.7 Å². The highest BCUT2D eigenvalue weighted by Crippen LogP contribution is 2.31. The number of sulfone groups is 1. The quantitative estimate of drug-likeness (QED) is 0.769. The molecule has 0 aliphatic rings. The van der Waals surface area contributed by atoms with Gasteiger partial charge in [0.15, 0.2) is 9.84 Å². The van der Waals surface area contributed by atoms with Gasteiger partial charge in [-0.25, -0.2) is 16.8 Å². The fraction of sp³-hybridized carbons (Fsp3) is 0.294. The third kappa shape index (κ3) is 4.67. The number of benzene rings is 2. The second-order valence-corrected chi connectivity index (χ2v) is 9.52. The zero-order valence-corrected chi connectivity index (χ0v) is 16.5. The first-order chi connectivity index (χ1) is 12.0. The van der Waals surface area contributed by atoms with Gasteiger partial charge in [-0.05, 0) is 44.2 Å². The van der Waals surface area contributed by atoms with Gasteiger partial charge in [-0.15, -0.1) is 0 Å². The van der Waals surface area contributed by atoms with Crippen LogP contribution >= 0.6 is 0 Å². The Labute approximate surface area is 153 Å². The summed E-state index contributed by atoms with van der Waals surface area (Å²) in [7, 11) is -6.39. The molecule has 2 rings (SSSR count). The van der Waals surface area contributed by atoms with E-state index in [-0.39, 0.29) is 27.3 Å². The van der Waals surface area contributed by atoms with E-state index in [1.165, 1.54) is 19.2 Å². The van der Waals surface area contributed by atoms with Crippen molar-refractivity contribution >= 4 is 25.5 Å². The summed E-state index contributed by atoms with van der Waals surface area (Å²) in [6.45, 7) is 3.65. The normalized spacial score (nSPS) is 12.0. The molecule has 0 spiro atoms. The Kier molecular flexibility index (Phi) is 5.82. The van der Waals surface area contributed by atoms with Gasteiger partial charge in [-0.1, -0.05) is 12.1 Å². The van der Waals surface area contributed by atoms with Gasteiger partial charge in [-0.2, -0.15) is 0 Å². The van der Waals surface area contributed by atoms with Gasteiger partial charge < -0.3 is 9.47 Å². The topological polar surface area (TPSA) is 98.8 Å². The molecule has 7 nitrogen and oxygen atoms in total. The minimum Gasteiger partial charge on any atom is -0.495 e. The highest BCUT2D eigenvalue weighted by molar-refractivity contribution is 7.93. The maximum absolute atomic E-state index is 12.9. The Balaban J connectivity index is 2.52. The zero-order chi connectivity index (χ0) is 19.5. The fourth-order valence-electron chi connectivity index (χ4n) is 2.21. The van der Waals surface area contributed by atoms with E-state index in [0.29, 0.717) is 5.75 Å². The highest BCUT2D eigenvalue weighted by Gasteiger charge is 2.23. The smallest absolute Gasteiger partial charge is 0.265 e. The molecule has 0 saturated heterocycles. The predicted octanol–water partition coefficient (Wildman–Crippen LogP) is 2.69. The molecule has 9 heteroatoms. The van der Waals surface area contributed by atoms with Crippen LogP contribution in [0.3, 0.4) is 0 Å². The van der Waals surface area contributed by atoms with Crippen LogP contribution in [0.1, 0.15) is 13.8 Å². The van der Waals surface area contributed by atoms with Crippen LogP contribution in [0.15, 0.2) is 52.3 Å². The van der Waals surface area contributed by atoms with Crippen LogP contribution < -0.4 is 14.2 Å². The average molecular weight is 399 g/mol. The van der Waals surface area contributed by atoms with Crippen LogP contribution in [0, 0.1) is 0 Å². The molecule has 0 radical (unpaired) electrons. The van der Waals surface area contributed by atoms with Crippen LogP contribution in [0.4, 0.5) is 5.69 Å². The number of nitrogens with one attached hydrogen (secondary N) is 1. The van der Waals surface area contributed by atoms with E-state index in [9.17, 15) is 16.8 Å². The average Bonchev–Trinajstić information content (AvgIpc) is 2.54. The molecule has 0 fully saturated rings. The molecule has 0 heterocycles. The maximum Gasteiger partial charge on any atom is 0.265 e. The summed E-state index contributed by atoms with van der Waals surface area (Å²) in [5.74, 6) is 0.400. The van der Waals surface area contributed by atoms with E-state index in [2.05, 4.69) is 4.72 Å². The number of para-hydroxylation sites is 2. The monoisotopic (exact) mass is 399 g/mol. The van der Waals surface area contributed by atoms with Crippen molar-refractivity contribution in [2.75, 3.05) is 18.1 Å². The van der Waals surface area contributed by atoms with Crippen molar-refractivity contribution < 1.29 is 26.3 Å². The van der Waals surface area contributed by atoms with Crippen molar-refractivity contribution in [3.63, 3.8) is 0 Å². The van der Waals surface area contributed by atoms with E-state index >= 15 is 0 Å². The number of sulfonamides is 1. The van der Waals surface area contributed by atoms with Gasteiger partial charge in [0.25, 0.3) is 10.0 Å². The first kappa shape index (κ1) is 20.1. The first-order valence-electron chi connectivity index (χ1n) is 7.71. The molecule has 0 saturated carbocycles. The Morgan fingerprint density at radius 2 is 1.62 bits per heavy atom. The summed E-state index contributed by atoms with van der Waals surface area (Å²) >= 11 is 0. The van der Waals surface area contributed by atoms with E-state index in [4.69, 9.17) is 9.47 Å². The Morgan fingerprint density at radius 1 is 0.962 bits per heavy atom. The number of hydrogen-bond acceptors (Lipinski definition) is 6. The van der Waals surface area contributed by atoms with Crippen molar-refractivity contribution in [3.8, 4) is 11.5 Å². The highest BCUT2D eigenvalue weighted by atomic mass is 32.2. The number of anilines is 1. The molecule has 0 atom stereocenters. The van der Waals surface area contributed by atoms with Crippen molar-refractivity contribution in [3.05, 3.63) is 42.5 Å². The van der Waals surface area contributed by atoms with Gasteiger partial charge >= 0.3 is 0 Å². The summed E-state index contributed by atoms with van der Waals surface area (Å²) in [6.07, 6.45) is 0.855. The molecule has 1 N–H and O–H groups in total. The number of ether oxygens (including phenoxy) is 2. The molecular formula is C17H21NO6S2. The Hall–Kier alpha value is -2.26. The zero-order valence-electron chi connectivity index (χ0n) is 14.9.